The van der Waals surface area contributed by atoms with Crippen LogP contribution in [-0.4, -0.2) is 54.3 Å². The highest BCUT2D eigenvalue weighted by Crippen LogP contribution is 2.08. The van der Waals surface area contributed by atoms with E-state index in [2.05, 4.69) is 20.9 Å². The van der Waals surface area contributed by atoms with Crippen LogP contribution in [-0.2, 0) is 4.74 Å². The van der Waals surface area contributed by atoms with Gasteiger partial charge in [0.05, 0.1) is 12.7 Å². The van der Waals surface area contributed by atoms with Gasteiger partial charge in [0, 0.05) is 20.7 Å². The standard InChI is InChI=1S/C11H15BrN2O3/c1-14(6-8(15)7-17-2)11(16)9-4-3-5-10(12)13-9/h3-5,8,15H,6-7H2,1-2H3. The van der Waals surface area contributed by atoms with Crippen molar-refractivity contribution in [2.45, 2.75) is 6.10 Å². The summed E-state index contributed by atoms with van der Waals surface area (Å²) in [6, 6.07) is 5.12. The molecule has 0 aliphatic heterocycles. The summed E-state index contributed by atoms with van der Waals surface area (Å²) in [6.07, 6.45) is -0.693. The first kappa shape index (κ1) is 14.1. The number of carbonyl (C=O) groups is 1. The van der Waals surface area contributed by atoms with E-state index in [1.807, 2.05) is 0 Å². The van der Waals surface area contributed by atoms with Gasteiger partial charge in [-0.2, -0.15) is 0 Å². The van der Waals surface area contributed by atoms with Crippen molar-refractivity contribution in [1.29, 1.82) is 0 Å². The second-order valence-corrected chi connectivity index (χ2v) is 4.45. The fraction of sp³-hybridized carbons (Fsp3) is 0.455. The van der Waals surface area contributed by atoms with E-state index in [1.165, 1.54) is 12.0 Å². The molecule has 6 heteroatoms. The molecular formula is C11H15BrN2O3. The van der Waals surface area contributed by atoms with Crippen molar-refractivity contribution in [3.63, 3.8) is 0 Å². The second kappa shape index (κ2) is 6.68. The molecule has 0 saturated heterocycles. The molecule has 0 aliphatic rings. The Morgan fingerprint density at radius 3 is 2.94 bits per heavy atom. The molecule has 0 radical (unpaired) electrons. The number of carbonyl (C=O) groups excluding carboxylic acids is 1. The van der Waals surface area contributed by atoms with Gasteiger partial charge < -0.3 is 14.7 Å². The summed E-state index contributed by atoms with van der Waals surface area (Å²) in [4.78, 5) is 17.4. The number of nitrogens with zero attached hydrogens (tertiary/aromatic N) is 2. The van der Waals surface area contributed by atoms with Crippen molar-refractivity contribution in [3.05, 3.63) is 28.5 Å². The Bertz CT molecular complexity index is 387. The third-order valence-corrected chi connectivity index (χ3v) is 2.57. The second-order valence-electron chi connectivity index (χ2n) is 3.64. The molecule has 1 aromatic heterocycles. The molecule has 1 aromatic rings. The van der Waals surface area contributed by atoms with Crippen LogP contribution in [0.15, 0.2) is 22.8 Å². The number of rotatable bonds is 5. The van der Waals surface area contributed by atoms with Crippen LogP contribution in [0.1, 0.15) is 10.5 Å². The highest BCUT2D eigenvalue weighted by Gasteiger charge is 2.16. The van der Waals surface area contributed by atoms with Gasteiger partial charge in [0.2, 0.25) is 0 Å². The molecule has 1 N–H and O–H groups in total. The Hall–Kier alpha value is -0.980. The molecule has 0 aliphatic carbocycles. The van der Waals surface area contributed by atoms with Crippen LogP contribution in [0.4, 0.5) is 0 Å². The zero-order valence-corrected chi connectivity index (χ0v) is 11.3. The van der Waals surface area contributed by atoms with Gasteiger partial charge in [0.1, 0.15) is 10.3 Å². The predicted octanol–water partition coefficient (Wildman–Crippen LogP) is 0.923. The van der Waals surface area contributed by atoms with Crippen molar-refractivity contribution >= 4 is 21.8 Å². The number of methoxy groups -OCH3 is 1. The van der Waals surface area contributed by atoms with E-state index in [-0.39, 0.29) is 19.1 Å². The maximum Gasteiger partial charge on any atom is 0.272 e. The largest absolute Gasteiger partial charge is 0.389 e. The van der Waals surface area contributed by atoms with Gasteiger partial charge in [-0.15, -0.1) is 0 Å². The van der Waals surface area contributed by atoms with Crippen LogP contribution in [0.2, 0.25) is 0 Å². The molecular weight excluding hydrogens is 288 g/mol. The summed E-state index contributed by atoms with van der Waals surface area (Å²) < 4.78 is 5.40. The van der Waals surface area contributed by atoms with Crippen LogP contribution in [0.3, 0.4) is 0 Å². The minimum absolute atomic E-state index is 0.198. The number of likely N-dealkylation sites (N-methyl/N-ethyl adjacent to an activating group) is 1. The molecule has 0 bridgehead atoms. The summed E-state index contributed by atoms with van der Waals surface area (Å²) in [5.74, 6) is -0.235. The molecule has 0 spiro atoms. The Morgan fingerprint density at radius 1 is 1.65 bits per heavy atom. The molecule has 0 fully saturated rings. The Labute approximate surface area is 109 Å². The van der Waals surface area contributed by atoms with Crippen molar-refractivity contribution < 1.29 is 14.6 Å². The smallest absolute Gasteiger partial charge is 0.272 e. The van der Waals surface area contributed by atoms with E-state index >= 15 is 0 Å². The van der Waals surface area contributed by atoms with Crippen molar-refractivity contribution in [1.82, 2.24) is 9.88 Å². The quantitative estimate of drug-likeness (QED) is 0.822. The third kappa shape index (κ3) is 4.41. The van der Waals surface area contributed by atoms with Gasteiger partial charge in [-0.05, 0) is 28.1 Å². The summed E-state index contributed by atoms with van der Waals surface area (Å²) in [7, 11) is 3.12. The minimum Gasteiger partial charge on any atom is -0.389 e. The van der Waals surface area contributed by atoms with E-state index < -0.39 is 6.10 Å². The number of hydrogen-bond donors (Lipinski definition) is 1. The molecule has 0 aromatic carbocycles. The third-order valence-electron chi connectivity index (χ3n) is 2.12. The predicted molar refractivity (Wildman–Crippen MR) is 66.8 cm³/mol. The van der Waals surface area contributed by atoms with Crippen LogP contribution in [0.25, 0.3) is 0 Å². The van der Waals surface area contributed by atoms with Gasteiger partial charge in [-0.25, -0.2) is 4.98 Å². The number of amides is 1. The fourth-order valence-electron chi connectivity index (χ4n) is 1.37. The SMILES string of the molecule is COCC(O)CN(C)C(=O)c1cccc(Br)n1. The Morgan fingerprint density at radius 2 is 2.35 bits per heavy atom. The number of pyridine rings is 1. The van der Waals surface area contributed by atoms with E-state index in [0.29, 0.717) is 10.3 Å². The number of aromatic nitrogens is 1. The minimum atomic E-state index is -0.693. The van der Waals surface area contributed by atoms with Crippen LogP contribution < -0.4 is 0 Å². The molecule has 1 amide bonds. The highest BCUT2D eigenvalue weighted by molar-refractivity contribution is 9.10. The number of ether oxygens (including phenoxy) is 1. The summed E-state index contributed by atoms with van der Waals surface area (Å²) in [5, 5.41) is 9.52. The zero-order valence-electron chi connectivity index (χ0n) is 9.76. The van der Waals surface area contributed by atoms with Gasteiger partial charge in [-0.3, -0.25) is 4.79 Å². The normalized spacial score (nSPS) is 12.2. The first-order valence-electron chi connectivity index (χ1n) is 5.09. The first-order chi connectivity index (χ1) is 8.04. The van der Waals surface area contributed by atoms with Gasteiger partial charge >= 0.3 is 0 Å². The van der Waals surface area contributed by atoms with Gasteiger partial charge in [-0.1, -0.05) is 6.07 Å². The summed E-state index contributed by atoms with van der Waals surface area (Å²) >= 11 is 3.20. The topological polar surface area (TPSA) is 62.7 Å². The molecule has 94 valence electrons. The first-order valence-corrected chi connectivity index (χ1v) is 5.89. The van der Waals surface area contributed by atoms with Gasteiger partial charge in [0.25, 0.3) is 5.91 Å². The van der Waals surface area contributed by atoms with Crippen molar-refractivity contribution in [2.75, 3.05) is 27.3 Å². The molecule has 1 heterocycles. The van der Waals surface area contributed by atoms with Gasteiger partial charge in [0.15, 0.2) is 0 Å². The van der Waals surface area contributed by atoms with E-state index in [9.17, 15) is 9.90 Å². The Balaban J connectivity index is 2.63. The average molecular weight is 303 g/mol. The molecule has 0 saturated carbocycles. The monoisotopic (exact) mass is 302 g/mol. The summed E-state index contributed by atoms with van der Waals surface area (Å²) in [5.41, 5.74) is 0.339. The average Bonchev–Trinajstić information content (AvgIpc) is 2.28. The fourth-order valence-corrected chi connectivity index (χ4v) is 1.71. The van der Waals surface area contributed by atoms with E-state index in [4.69, 9.17) is 4.74 Å². The maximum atomic E-state index is 11.9. The zero-order chi connectivity index (χ0) is 12.8. The Kier molecular flexibility index (Phi) is 5.54. The summed E-state index contributed by atoms with van der Waals surface area (Å²) in [6.45, 7) is 0.407. The maximum absolute atomic E-state index is 11.9. The number of halogens is 1. The molecule has 1 rings (SSSR count). The van der Waals surface area contributed by atoms with Crippen LogP contribution >= 0.6 is 15.9 Å². The number of hydrogen-bond acceptors (Lipinski definition) is 4. The van der Waals surface area contributed by atoms with Crippen molar-refractivity contribution in [2.24, 2.45) is 0 Å². The highest BCUT2D eigenvalue weighted by atomic mass is 79.9. The lowest BCUT2D eigenvalue weighted by Gasteiger charge is -2.20. The number of aliphatic hydroxyl groups is 1. The number of aliphatic hydroxyl groups excluding tert-OH is 1. The van der Waals surface area contributed by atoms with Crippen LogP contribution in [0.5, 0.6) is 0 Å². The lowest BCUT2D eigenvalue weighted by atomic mass is 10.3. The van der Waals surface area contributed by atoms with E-state index in [0.717, 1.165) is 0 Å². The molecule has 17 heavy (non-hydrogen) atoms. The van der Waals surface area contributed by atoms with Crippen LogP contribution in [0, 0.1) is 0 Å². The van der Waals surface area contributed by atoms with Crippen molar-refractivity contribution in [3.8, 4) is 0 Å². The molecule has 1 unspecified atom stereocenters. The molecule has 5 nitrogen and oxygen atoms in total. The lowest BCUT2D eigenvalue weighted by molar-refractivity contribution is 0.0378. The lowest BCUT2D eigenvalue weighted by Crippen LogP contribution is -2.36. The van der Waals surface area contributed by atoms with E-state index in [1.54, 1.807) is 25.2 Å². The molecule has 1 atom stereocenters.